The van der Waals surface area contributed by atoms with Crippen LogP contribution in [0, 0.1) is 11.8 Å². The number of nitrogens with zero attached hydrogens (tertiary/aromatic N) is 1. The standard InChI is InChI=1S/C15H28N2OS/c1-11(2)13-15(18)17(9-6-10-19-3)14(16-13)12-7-4-5-8-12/h11-14,16H,4-10H2,1-3H3. The summed E-state index contributed by atoms with van der Waals surface area (Å²) in [5.74, 6) is 2.56. The Morgan fingerprint density at radius 3 is 2.63 bits per heavy atom. The summed E-state index contributed by atoms with van der Waals surface area (Å²) in [6.45, 7) is 5.22. The molecule has 4 heteroatoms. The molecule has 1 amide bonds. The third kappa shape index (κ3) is 3.46. The van der Waals surface area contributed by atoms with E-state index in [0.29, 0.717) is 23.9 Å². The third-order valence-electron chi connectivity index (χ3n) is 4.50. The van der Waals surface area contributed by atoms with E-state index < -0.39 is 0 Å². The van der Waals surface area contributed by atoms with E-state index >= 15 is 0 Å². The van der Waals surface area contributed by atoms with Crippen LogP contribution in [0.15, 0.2) is 0 Å². The zero-order valence-electron chi connectivity index (χ0n) is 12.5. The molecule has 2 aliphatic rings. The van der Waals surface area contributed by atoms with Gasteiger partial charge < -0.3 is 4.90 Å². The van der Waals surface area contributed by atoms with Gasteiger partial charge in [-0.25, -0.2) is 0 Å². The minimum absolute atomic E-state index is 0.0416. The Morgan fingerprint density at radius 1 is 1.37 bits per heavy atom. The predicted molar refractivity (Wildman–Crippen MR) is 82.2 cm³/mol. The smallest absolute Gasteiger partial charge is 0.241 e. The molecule has 0 radical (unpaired) electrons. The molecular formula is C15H28N2OS. The van der Waals surface area contributed by atoms with Gasteiger partial charge in [0, 0.05) is 6.54 Å². The number of carbonyl (C=O) groups is 1. The van der Waals surface area contributed by atoms with Gasteiger partial charge in [-0.2, -0.15) is 11.8 Å². The molecule has 0 aromatic heterocycles. The Hall–Kier alpha value is -0.220. The monoisotopic (exact) mass is 284 g/mol. The van der Waals surface area contributed by atoms with Crippen molar-refractivity contribution in [1.82, 2.24) is 10.2 Å². The molecule has 110 valence electrons. The van der Waals surface area contributed by atoms with E-state index in [-0.39, 0.29) is 6.04 Å². The first-order valence-corrected chi connectivity index (χ1v) is 9.10. The number of carbonyl (C=O) groups excluding carboxylic acids is 1. The SMILES string of the molecule is CSCCCN1C(=O)C(C(C)C)NC1C1CCCC1. The molecule has 0 aromatic rings. The van der Waals surface area contributed by atoms with Crippen molar-refractivity contribution in [3.05, 3.63) is 0 Å². The average Bonchev–Trinajstić information content (AvgIpc) is 2.98. The van der Waals surface area contributed by atoms with Crippen LogP contribution < -0.4 is 5.32 Å². The summed E-state index contributed by atoms with van der Waals surface area (Å²) in [7, 11) is 0. The van der Waals surface area contributed by atoms with Crippen LogP contribution in [0.5, 0.6) is 0 Å². The zero-order chi connectivity index (χ0) is 13.8. The van der Waals surface area contributed by atoms with Gasteiger partial charge in [-0.1, -0.05) is 26.7 Å². The molecule has 1 aliphatic carbocycles. The second kappa shape index (κ2) is 6.98. The van der Waals surface area contributed by atoms with Crippen LogP contribution in [0.3, 0.4) is 0 Å². The molecule has 1 saturated heterocycles. The maximum atomic E-state index is 12.6. The molecule has 0 bridgehead atoms. The molecule has 2 unspecified atom stereocenters. The van der Waals surface area contributed by atoms with Gasteiger partial charge in [0.2, 0.25) is 5.91 Å². The summed E-state index contributed by atoms with van der Waals surface area (Å²) in [6.07, 6.45) is 8.80. The number of hydrogen-bond acceptors (Lipinski definition) is 3. The number of amides is 1. The van der Waals surface area contributed by atoms with Crippen LogP contribution in [-0.4, -0.2) is 41.6 Å². The second-order valence-corrected chi connectivity index (χ2v) is 7.24. The van der Waals surface area contributed by atoms with Crippen LogP contribution >= 0.6 is 11.8 Å². The molecule has 1 N–H and O–H groups in total. The van der Waals surface area contributed by atoms with Crippen molar-refractivity contribution in [1.29, 1.82) is 0 Å². The van der Waals surface area contributed by atoms with Crippen molar-refractivity contribution in [2.75, 3.05) is 18.6 Å². The highest BCUT2D eigenvalue weighted by Gasteiger charge is 2.43. The normalized spacial score (nSPS) is 28.8. The van der Waals surface area contributed by atoms with Crippen LogP contribution in [0.25, 0.3) is 0 Å². The first kappa shape index (κ1) is 15.2. The van der Waals surface area contributed by atoms with E-state index in [9.17, 15) is 4.79 Å². The van der Waals surface area contributed by atoms with Crippen molar-refractivity contribution in [2.45, 2.75) is 58.2 Å². The van der Waals surface area contributed by atoms with Crippen LogP contribution in [0.2, 0.25) is 0 Å². The Morgan fingerprint density at radius 2 is 2.05 bits per heavy atom. The summed E-state index contributed by atoms with van der Waals surface area (Å²) in [4.78, 5) is 14.7. The van der Waals surface area contributed by atoms with Crippen LogP contribution in [-0.2, 0) is 4.79 Å². The summed E-state index contributed by atoms with van der Waals surface area (Å²) in [5, 5.41) is 3.63. The highest BCUT2D eigenvalue weighted by molar-refractivity contribution is 7.98. The molecule has 2 atom stereocenters. The molecule has 1 saturated carbocycles. The molecule has 3 nitrogen and oxygen atoms in total. The summed E-state index contributed by atoms with van der Waals surface area (Å²) in [5.41, 5.74) is 0. The molecule has 1 aliphatic heterocycles. The molecule has 2 fully saturated rings. The summed E-state index contributed by atoms with van der Waals surface area (Å²) >= 11 is 1.87. The lowest BCUT2D eigenvalue weighted by Gasteiger charge is -2.29. The average molecular weight is 284 g/mol. The van der Waals surface area contributed by atoms with Crippen molar-refractivity contribution < 1.29 is 4.79 Å². The molecule has 0 spiro atoms. The third-order valence-corrected chi connectivity index (χ3v) is 5.19. The number of hydrogen-bond donors (Lipinski definition) is 1. The van der Waals surface area contributed by atoms with Gasteiger partial charge in [0.1, 0.15) is 0 Å². The fourth-order valence-corrected chi connectivity index (χ4v) is 3.85. The van der Waals surface area contributed by atoms with Crippen molar-refractivity contribution in [3.8, 4) is 0 Å². The molecule has 0 aromatic carbocycles. The molecular weight excluding hydrogens is 256 g/mol. The minimum atomic E-state index is 0.0416. The topological polar surface area (TPSA) is 32.3 Å². The van der Waals surface area contributed by atoms with Crippen molar-refractivity contribution >= 4 is 17.7 Å². The molecule has 19 heavy (non-hydrogen) atoms. The van der Waals surface area contributed by atoms with Gasteiger partial charge in [0.25, 0.3) is 0 Å². The molecule has 1 heterocycles. The Bertz CT molecular complexity index is 303. The Kier molecular flexibility index (Phi) is 5.58. The number of thioether (sulfide) groups is 1. The lowest BCUT2D eigenvalue weighted by Crippen LogP contribution is -2.43. The first-order valence-electron chi connectivity index (χ1n) is 7.70. The summed E-state index contributed by atoms with van der Waals surface area (Å²) in [6, 6.07) is 0.0416. The highest BCUT2D eigenvalue weighted by Crippen LogP contribution is 2.33. The van der Waals surface area contributed by atoms with E-state index in [4.69, 9.17) is 0 Å². The van der Waals surface area contributed by atoms with Crippen molar-refractivity contribution in [2.24, 2.45) is 11.8 Å². The maximum Gasteiger partial charge on any atom is 0.241 e. The van der Waals surface area contributed by atoms with Gasteiger partial charge in [0.15, 0.2) is 0 Å². The van der Waals surface area contributed by atoms with Gasteiger partial charge >= 0.3 is 0 Å². The minimum Gasteiger partial charge on any atom is -0.325 e. The second-order valence-electron chi connectivity index (χ2n) is 6.26. The lowest BCUT2D eigenvalue weighted by atomic mass is 10.0. The highest BCUT2D eigenvalue weighted by atomic mass is 32.2. The van der Waals surface area contributed by atoms with Gasteiger partial charge in [-0.05, 0) is 43.1 Å². The predicted octanol–water partition coefficient (Wildman–Crippen LogP) is 2.71. The molecule has 2 rings (SSSR count). The van der Waals surface area contributed by atoms with E-state index in [2.05, 4.69) is 30.3 Å². The maximum absolute atomic E-state index is 12.6. The van der Waals surface area contributed by atoms with E-state index in [1.807, 2.05) is 11.8 Å². The van der Waals surface area contributed by atoms with E-state index in [1.54, 1.807) is 0 Å². The van der Waals surface area contributed by atoms with Gasteiger partial charge in [0.05, 0.1) is 12.2 Å². The van der Waals surface area contributed by atoms with E-state index in [0.717, 1.165) is 18.7 Å². The Labute approximate surface area is 121 Å². The first-order chi connectivity index (χ1) is 9.15. The van der Waals surface area contributed by atoms with Gasteiger partial charge in [-0.15, -0.1) is 0 Å². The number of nitrogens with one attached hydrogen (secondary N) is 1. The lowest BCUT2D eigenvalue weighted by molar-refractivity contribution is -0.131. The van der Waals surface area contributed by atoms with Crippen LogP contribution in [0.4, 0.5) is 0 Å². The number of rotatable bonds is 6. The fraction of sp³-hybridized carbons (Fsp3) is 0.933. The van der Waals surface area contributed by atoms with Crippen LogP contribution in [0.1, 0.15) is 46.0 Å². The largest absolute Gasteiger partial charge is 0.325 e. The van der Waals surface area contributed by atoms with E-state index in [1.165, 1.54) is 25.7 Å². The quantitative estimate of drug-likeness (QED) is 0.761. The zero-order valence-corrected chi connectivity index (χ0v) is 13.3. The Balaban J connectivity index is 2.02. The van der Waals surface area contributed by atoms with Crippen molar-refractivity contribution in [3.63, 3.8) is 0 Å². The fourth-order valence-electron chi connectivity index (χ4n) is 3.43. The summed E-state index contributed by atoms with van der Waals surface area (Å²) < 4.78 is 0. The van der Waals surface area contributed by atoms with Gasteiger partial charge in [-0.3, -0.25) is 10.1 Å².